The number of halogens is 2. The number of nitrogens with one attached hydrogen (secondary N) is 2. The molecule has 2 N–H and O–H groups in total. The van der Waals surface area contributed by atoms with E-state index in [9.17, 15) is 18.4 Å². The van der Waals surface area contributed by atoms with Crippen molar-refractivity contribution in [1.82, 2.24) is 24.9 Å². The molecule has 3 unspecified atom stereocenters. The molecule has 1 saturated carbocycles. The molecule has 0 bridgehead atoms. The van der Waals surface area contributed by atoms with Crippen LogP contribution in [-0.2, 0) is 18.3 Å². The molecule has 0 radical (unpaired) electrons. The van der Waals surface area contributed by atoms with Crippen LogP contribution in [0.2, 0.25) is 0 Å². The van der Waals surface area contributed by atoms with Gasteiger partial charge in [-0.1, -0.05) is 19.9 Å². The van der Waals surface area contributed by atoms with Crippen LogP contribution in [0.25, 0.3) is 0 Å². The predicted molar refractivity (Wildman–Crippen MR) is 134 cm³/mol. The molecule has 8 nitrogen and oxygen atoms in total. The van der Waals surface area contributed by atoms with Crippen molar-refractivity contribution in [1.29, 1.82) is 0 Å². The SMILES string of the molecule is CC(C)Cc1cc(C(=O)Nc2cc(C3CCCCN3C(=O)C3CC3c3ccc(F)c(F)c3)[nH]n2)n(C)n1. The van der Waals surface area contributed by atoms with Crippen molar-refractivity contribution in [2.24, 2.45) is 18.9 Å². The summed E-state index contributed by atoms with van der Waals surface area (Å²) in [6, 6.07) is 7.26. The van der Waals surface area contributed by atoms with Gasteiger partial charge in [0.05, 0.1) is 17.4 Å². The van der Waals surface area contributed by atoms with Crippen molar-refractivity contribution in [2.75, 3.05) is 11.9 Å². The van der Waals surface area contributed by atoms with Gasteiger partial charge >= 0.3 is 0 Å². The minimum absolute atomic E-state index is 0.0205. The van der Waals surface area contributed by atoms with E-state index in [4.69, 9.17) is 0 Å². The summed E-state index contributed by atoms with van der Waals surface area (Å²) in [7, 11) is 1.74. The number of hydrogen-bond donors (Lipinski definition) is 2. The predicted octanol–water partition coefficient (Wildman–Crippen LogP) is 4.73. The van der Waals surface area contributed by atoms with Crippen molar-refractivity contribution in [3.63, 3.8) is 0 Å². The second-order valence-electron chi connectivity index (χ2n) is 10.6. The Morgan fingerprint density at radius 1 is 1.16 bits per heavy atom. The van der Waals surface area contributed by atoms with Crippen LogP contribution in [0.3, 0.4) is 0 Å². The molecule has 196 valence electrons. The molecule has 5 rings (SSSR count). The van der Waals surface area contributed by atoms with Crippen LogP contribution in [-0.4, -0.2) is 43.2 Å². The molecule has 0 spiro atoms. The van der Waals surface area contributed by atoms with Gasteiger partial charge in [0, 0.05) is 25.6 Å². The summed E-state index contributed by atoms with van der Waals surface area (Å²) in [5.41, 5.74) is 2.73. The number of aromatic amines is 1. The van der Waals surface area contributed by atoms with Gasteiger partial charge in [-0.3, -0.25) is 19.4 Å². The minimum atomic E-state index is -0.888. The van der Waals surface area contributed by atoms with Crippen LogP contribution in [0.15, 0.2) is 30.3 Å². The Bertz CT molecular complexity index is 1320. The first-order chi connectivity index (χ1) is 17.7. The fourth-order valence-electron chi connectivity index (χ4n) is 5.32. The van der Waals surface area contributed by atoms with E-state index < -0.39 is 11.6 Å². The Morgan fingerprint density at radius 2 is 1.97 bits per heavy atom. The summed E-state index contributed by atoms with van der Waals surface area (Å²) in [6.07, 6.45) is 4.07. The van der Waals surface area contributed by atoms with E-state index >= 15 is 0 Å². The van der Waals surface area contributed by atoms with Gasteiger partial charge in [-0.2, -0.15) is 10.2 Å². The van der Waals surface area contributed by atoms with Crippen LogP contribution >= 0.6 is 0 Å². The second kappa shape index (κ2) is 10.1. The first-order valence-corrected chi connectivity index (χ1v) is 12.9. The molecule has 10 heteroatoms. The number of piperidine rings is 1. The van der Waals surface area contributed by atoms with E-state index in [0.29, 0.717) is 36.0 Å². The smallest absolute Gasteiger partial charge is 0.275 e. The third-order valence-electron chi connectivity index (χ3n) is 7.24. The van der Waals surface area contributed by atoms with Crippen LogP contribution in [0.4, 0.5) is 14.6 Å². The van der Waals surface area contributed by atoms with E-state index in [1.165, 1.54) is 6.07 Å². The van der Waals surface area contributed by atoms with Crippen LogP contribution in [0.5, 0.6) is 0 Å². The normalized spacial score (nSPS) is 21.4. The lowest BCUT2D eigenvalue weighted by molar-refractivity contribution is -0.136. The maximum absolute atomic E-state index is 13.7. The van der Waals surface area contributed by atoms with Crippen molar-refractivity contribution in [3.8, 4) is 0 Å². The van der Waals surface area contributed by atoms with Gasteiger partial charge in [-0.25, -0.2) is 8.78 Å². The first-order valence-electron chi connectivity index (χ1n) is 12.9. The zero-order chi connectivity index (χ0) is 26.3. The van der Waals surface area contributed by atoms with E-state index in [1.54, 1.807) is 29.9 Å². The standard InChI is InChI=1S/C27H32F2N6O2/c1-15(2)10-17-12-24(34(3)33-17)26(36)30-25-14-22(31-32-25)23-6-4-5-9-35(23)27(37)19-13-18(19)16-7-8-20(28)21(29)11-16/h7-8,11-12,14-15,18-19,23H,4-6,9-10,13H2,1-3H3,(H2,30,31,32,36). The average Bonchev–Trinajstić information content (AvgIpc) is 3.39. The molecule has 1 saturated heterocycles. The van der Waals surface area contributed by atoms with Gasteiger partial charge in [0.25, 0.3) is 5.91 Å². The summed E-state index contributed by atoms with van der Waals surface area (Å²) < 4.78 is 28.6. The summed E-state index contributed by atoms with van der Waals surface area (Å²) in [5.74, 6) is -1.57. The molecule has 1 aliphatic heterocycles. The highest BCUT2D eigenvalue weighted by atomic mass is 19.2. The molecule has 1 aromatic carbocycles. The molecule has 3 heterocycles. The summed E-state index contributed by atoms with van der Waals surface area (Å²) >= 11 is 0. The molecular weight excluding hydrogens is 478 g/mol. The van der Waals surface area contributed by atoms with Gasteiger partial charge in [-0.15, -0.1) is 0 Å². The van der Waals surface area contributed by atoms with Crippen molar-refractivity contribution < 1.29 is 18.4 Å². The maximum Gasteiger partial charge on any atom is 0.275 e. The van der Waals surface area contributed by atoms with Gasteiger partial charge in [0.2, 0.25) is 5.91 Å². The summed E-state index contributed by atoms with van der Waals surface area (Å²) in [6.45, 7) is 4.83. The van der Waals surface area contributed by atoms with Crippen LogP contribution in [0, 0.1) is 23.5 Å². The summed E-state index contributed by atoms with van der Waals surface area (Å²) in [4.78, 5) is 28.1. The highest BCUT2D eigenvalue weighted by Crippen LogP contribution is 2.50. The van der Waals surface area contributed by atoms with Crippen molar-refractivity contribution in [3.05, 3.63) is 64.6 Å². The number of rotatable bonds is 7. The van der Waals surface area contributed by atoms with E-state index in [1.807, 2.05) is 4.90 Å². The lowest BCUT2D eigenvalue weighted by Gasteiger charge is -2.35. The van der Waals surface area contributed by atoms with Gasteiger partial charge in [-0.05, 0) is 67.7 Å². The highest BCUT2D eigenvalue weighted by molar-refractivity contribution is 6.02. The molecule has 2 aromatic heterocycles. The molecular formula is C27H32F2N6O2. The number of carbonyl (C=O) groups is 2. The van der Waals surface area contributed by atoms with Crippen molar-refractivity contribution in [2.45, 2.75) is 57.9 Å². The Hall–Kier alpha value is -3.56. The second-order valence-corrected chi connectivity index (χ2v) is 10.6. The Balaban J connectivity index is 1.26. The number of H-pyrrole nitrogens is 1. The number of benzene rings is 1. The molecule has 2 aliphatic rings. The van der Waals surface area contributed by atoms with Gasteiger partial charge in [0.1, 0.15) is 5.69 Å². The highest BCUT2D eigenvalue weighted by Gasteiger charge is 2.47. The monoisotopic (exact) mass is 510 g/mol. The average molecular weight is 511 g/mol. The van der Waals surface area contributed by atoms with Gasteiger partial charge < -0.3 is 10.2 Å². The molecule has 3 aromatic rings. The van der Waals surface area contributed by atoms with E-state index in [0.717, 1.165) is 43.1 Å². The number of aromatic nitrogens is 4. The lowest BCUT2D eigenvalue weighted by Crippen LogP contribution is -2.39. The third kappa shape index (κ3) is 5.28. The lowest BCUT2D eigenvalue weighted by atomic mass is 9.98. The van der Waals surface area contributed by atoms with E-state index in [-0.39, 0.29) is 29.7 Å². The van der Waals surface area contributed by atoms with E-state index in [2.05, 4.69) is 34.5 Å². The van der Waals surface area contributed by atoms with Crippen molar-refractivity contribution >= 4 is 17.6 Å². The number of anilines is 1. The van der Waals surface area contributed by atoms with Crippen LogP contribution in [0.1, 0.15) is 78.9 Å². The number of nitrogens with zero attached hydrogens (tertiary/aromatic N) is 4. The molecule has 2 fully saturated rings. The summed E-state index contributed by atoms with van der Waals surface area (Å²) in [5, 5.41) is 14.5. The fourth-order valence-corrected chi connectivity index (χ4v) is 5.32. The Labute approximate surface area is 214 Å². The molecule has 2 amide bonds. The number of carbonyl (C=O) groups excluding carboxylic acids is 2. The number of likely N-dealkylation sites (tertiary alicyclic amines) is 1. The topological polar surface area (TPSA) is 95.9 Å². The molecule has 3 atom stereocenters. The minimum Gasteiger partial charge on any atom is -0.334 e. The van der Waals surface area contributed by atoms with Gasteiger partial charge in [0.15, 0.2) is 17.5 Å². The number of hydrogen-bond acceptors (Lipinski definition) is 4. The first kappa shape index (κ1) is 25.1. The fraction of sp³-hybridized carbons (Fsp3) is 0.481. The Morgan fingerprint density at radius 3 is 2.73 bits per heavy atom. The largest absolute Gasteiger partial charge is 0.334 e. The zero-order valence-corrected chi connectivity index (χ0v) is 21.3. The van der Waals surface area contributed by atoms with Crippen LogP contribution < -0.4 is 5.32 Å². The third-order valence-corrected chi connectivity index (χ3v) is 7.24. The molecule has 1 aliphatic carbocycles. The number of amides is 2. The maximum atomic E-state index is 13.7. The Kier molecular flexibility index (Phi) is 6.83. The molecule has 37 heavy (non-hydrogen) atoms. The zero-order valence-electron chi connectivity index (χ0n) is 21.3. The quantitative estimate of drug-likeness (QED) is 0.480. The number of aryl methyl sites for hydroxylation is 1.